The van der Waals surface area contributed by atoms with E-state index in [0.717, 1.165) is 18.7 Å². The normalized spacial score (nSPS) is 18.3. The van der Waals surface area contributed by atoms with Crippen molar-refractivity contribution < 1.29 is 4.74 Å². The molecule has 0 unspecified atom stereocenters. The Morgan fingerprint density at radius 2 is 1.71 bits per heavy atom. The summed E-state index contributed by atoms with van der Waals surface area (Å²) in [6.45, 7) is 3.18. The van der Waals surface area contributed by atoms with Crippen LogP contribution in [0.4, 0.5) is 5.69 Å². The van der Waals surface area contributed by atoms with Crippen LogP contribution >= 0.6 is 0 Å². The highest BCUT2D eigenvalue weighted by atomic mass is 16.5. The average molecular weight is 279 g/mol. The fourth-order valence-electron chi connectivity index (χ4n) is 2.91. The largest absolute Gasteiger partial charge is 0.497 e. The van der Waals surface area contributed by atoms with Crippen LogP contribution in [0.25, 0.3) is 0 Å². The Morgan fingerprint density at radius 1 is 1.00 bits per heavy atom. The van der Waals surface area contributed by atoms with Gasteiger partial charge < -0.3 is 9.64 Å². The number of anilines is 1. The molecule has 0 bridgehead atoms. The molecule has 2 aromatic rings. The summed E-state index contributed by atoms with van der Waals surface area (Å²) in [4.78, 5) is 2.46. The molecule has 0 N–H and O–H groups in total. The number of ether oxygens (including phenoxy) is 1. The summed E-state index contributed by atoms with van der Waals surface area (Å²) in [5, 5.41) is 0. The van der Waals surface area contributed by atoms with E-state index in [1.165, 1.54) is 16.8 Å². The van der Waals surface area contributed by atoms with Crippen LogP contribution in [0, 0.1) is 0 Å². The summed E-state index contributed by atoms with van der Waals surface area (Å²) in [6.07, 6.45) is 3.40. The third kappa shape index (κ3) is 2.94. The highest BCUT2D eigenvalue weighted by molar-refractivity contribution is 5.53. The van der Waals surface area contributed by atoms with Gasteiger partial charge in [-0.15, -0.1) is 0 Å². The fourth-order valence-corrected chi connectivity index (χ4v) is 2.91. The Kier molecular flexibility index (Phi) is 3.96. The molecule has 3 rings (SSSR count). The molecule has 1 aliphatic rings. The molecule has 0 amide bonds. The van der Waals surface area contributed by atoms with Crippen LogP contribution in [0.1, 0.15) is 24.9 Å². The Morgan fingerprint density at radius 3 is 2.38 bits per heavy atom. The fraction of sp³-hybridized carbons (Fsp3) is 0.263. The lowest BCUT2D eigenvalue weighted by molar-refractivity contribution is 0.414. The van der Waals surface area contributed by atoms with Gasteiger partial charge in [-0.2, -0.15) is 0 Å². The molecule has 0 aliphatic carbocycles. The summed E-state index contributed by atoms with van der Waals surface area (Å²) in [6, 6.07) is 19.5. The van der Waals surface area contributed by atoms with Crippen molar-refractivity contribution in [3.05, 3.63) is 71.8 Å². The predicted octanol–water partition coefficient (Wildman–Crippen LogP) is 4.59. The van der Waals surface area contributed by atoms with Crippen LogP contribution in [0.2, 0.25) is 0 Å². The lowest BCUT2D eigenvalue weighted by Gasteiger charge is -2.37. The second kappa shape index (κ2) is 6.04. The molecule has 0 saturated heterocycles. The van der Waals surface area contributed by atoms with Gasteiger partial charge >= 0.3 is 0 Å². The van der Waals surface area contributed by atoms with Crippen LogP contribution in [-0.4, -0.2) is 13.7 Å². The third-order valence-corrected chi connectivity index (χ3v) is 4.12. The molecule has 0 fully saturated rings. The van der Waals surface area contributed by atoms with Gasteiger partial charge in [-0.05, 0) is 43.2 Å². The first-order valence-electron chi connectivity index (χ1n) is 7.39. The molecule has 0 spiro atoms. The molecule has 2 heteroatoms. The van der Waals surface area contributed by atoms with Crippen LogP contribution in [-0.2, 0) is 0 Å². The SMILES string of the molecule is COc1ccc(N2CC=C(C)C[C@@H]2c2ccccc2)cc1. The van der Waals surface area contributed by atoms with Gasteiger partial charge in [0.1, 0.15) is 5.75 Å². The molecule has 2 aromatic carbocycles. The van der Waals surface area contributed by atoms with E-state index in [1.54, 1.807) is 7.11 Å². The number of nitrogens with zero attached hydrogens (tertiary/aromatic N) is 1. The van der Waals surface area contributed by atoms with Crippen LogP contribution in [0.3, 0.4) is 0 Å². The molecule has 0 aromatic heterocycles. The van der Waals surface area contributed by atoms with E-state index in [-0.39, 0.29) is 0 Å². The van der Waals surface area contributed by atoms with Crippen molar-refractivity contribution >= 4 is 5.69 Å². The Balaban J connectivity index is 1.93. The molecular weight excluding hydrogens is 258 g/mol. The van der Waals surface area contributed by atoms with Gasteiger partial charge in [0.25, 0.3) is 0 Å². The Bertz CT molecular complexity index is 616. The van der Waals surface area contributed by atoms with Crippen molar-refractivity contribution in [1.29, 1.82) is 0 Å². The van der Waals surface area contributed by atoms with Crippen molar-refractivity contribution in [1.82, 2.24) is 0 Å². The first-order chi connectivity index (χ1) is 10.3. The molecule has 2 nitrogen and oxygen atoms in total. The number of benzene rings is 2. The number of rotatable bonds is 3. The maximum atomic E-state index is 5.25. The van der Waals surface area contributed by atoms with Gasteiger partial charge in [0.15, 0.2) is 0 Å². The highest BCUT2D eigenvalue weighted by Crippen LogP contribution is 2.35. The van der Waals surface area contributed by atoms with Gasteiger partial charge in [-0.25, -0.2) is 0 Å². The van der Waals surface area contributed by atoms with Gasteiger partial charge in [-0.1, -0.05) is 42.0 Å². The smallest absolute Gasteiger partial charge is 0.119 e. The summed E-state index contributed by atoms with van der Waals surface area (Å²) >= 11 is 0. The van der Waals surface area contributed by atoms with Gasteiger partial charge in [-0.3, -0.25) is 0 Å². The second-order valence-corrected chi connectivity index (χ2v) is 5.53. The van der Waals surface area contributed by atoms with E-state index in [4.69, 9.17) is 4.74 Å². The minimum Gasteiger partial charge on any atom is -0.497 e. The molecule has 1 aliphatic heterocycles. The van der Waals surface area contributed by atoms with Crippen LogP contribution < -0.4 is 9.64 Å². The molecule has 1 heterocycles. The van der Waals surface area contributed by atoms with E-state index < -0.39 is 0 Å². The zero-order chi connectivity index (χ0) is 14.7. The molecule has 0 radical (unpaired) electrons. The van der Waals surface area contributed by atoms with E-state index in [0.29, 0.717) is 6.04 Å². The van der Waals surface area contributed by atoms with Gasteiger partial charge in [0, 0.05) is 12.2 Å². The van der Waals surface area contributed by atoms with Gasteiger partial charge in [0.2, 0.25) is 0 Å². The molecule has 108 valence electrons. The predicted molar refractivity (Wildman–Crippen MR) is 87.9 cm³/mol. The molecule has 1 atom stereocenters. The lowest BCUT2D eigenvalue weighted by Crippen LogP contribution is -2.32. The van der Waals surface area contributed by atoms with E-state index in [2.05, 4.69) is 60.4 Å². The Hall–Kier alpha value is -2.22. The highest BCUT2D eigenvalue weighted by Gasteiger charge is 2.23. The minimum absolute atomic E-state index is 0.407. The first kappa shape index (κ1) is 13.7. The monoisotopic (exact) mass is 279 g/mol. The second-order valence-electron chi connectivity index (χ2n) is 5.53. The van der Waals surface area contributed by atoms with Crippen molar-refractivity contribution in [2.24, 2.45) is 0 Å². The number of hydrogen-bond donors (Lipinski definition) is 0. The van der Waals surface area contributed by atoms with Crippen molar-refractivity contribution in [3.8, 4) is 5.75 Å². The summed E-state index contributed by atoms with van der Waals surface area (Å²) in [5.41, 5.74) is 4.09. The number of hydrogen-bond acceptors (Lipinski definition) is 2. The number of methoxy groups -OCH3 is 1. The summed E-state index contributed by atoms with van der Waals surface area (Å²) in [7, 11) is 1.70. The van der Waals surface area contributed by atoms with E-state index in [9.17, 15) is 0 Å². The van der Waals surface area contributed by atoms with Crippen LogP contribution in [0.15, 0.2) is 66.2 Å². The first-order valence-corrected chi connectivity index (χ1v) is 7.39. The van der Waals surface area contributed by atoms with Crippen LogP contribution in [0.5, 0.6) is 5.75 Å². The van der Waals surface area contributed by atoms with Crippen molar-refractivity contribution in [2.45, 2.75) is 19.4 Å². The quantitative estimate of drug-likeness (QED) is 0.762. The third-order valence-electron chi connectivity index (χ3n) is 4.12. The standard InChI is InChI=1S/C19H21NO/c1-15-12-13-20(17-8-10-18(21-2)11-9-17)19(14-15)16-6-4-3-5-7-16/h3-12,19H,13-14H2,1-2H3/t19-/m1/s1. The topological polar surface area (TPSA) is 12.5 Å². The zero-order valence-electron chi connectivity index (χ0n) is 12.6. The summed E-state index contributed by atoms with van der Waals surface area (Å²) in [5.74, 6) is 0.902. The maximum absolute atomic E-state index is 5.25. The van der Waals surface area contributed by atoms with E-state index in [1.807, 2.05) is 12.1 Å². The van der Waals surface area contributed by atoms with E-state index >= 15 is 0 Å². The lowest BCUT2D eigenvalue weighted by atomic mass is 9.94. The summed E-state index contributed by atoms with van der Waals surface area (Å²) < 4.78 is 5.25. The molecule has 21 heavy (non-hydrogen) atoms. The molecule has 0 saturated carbocycles. The maximum Gasteiger partial charge on any atom is 0.119 e. The Labute approximate surface area is 126 Å². The van der Waals surface area contributed by atoms with Gasteiger partial charge in [0.05, 0.1) is 13.2 Å². The minimum atomic E-state index is 0.407. The zero-order valence-corrected chi connectivity index (χ0v) is 12.6. The molecular formula is C19H21NO. The average Bonchev–Trinajstić information content (AvgIpc) is 2.56. The van der Waals surface area contributed by atoms with Crippen molar-refractivity contribution in [3.63, 3.8) is 0 Å². The van der Waals surface area contributed by atoms with Crippen molar-refractivity contribution in [2.75, 3.05) is 18.6 Å².